The van der Waals surface area contributed by atoms with E-state index in [0.29, 0.717) is 5.75 Å². The number of nitrogens with one attached hydrogen (secondary N) is 2. The van der Waals surface area contributed by atoms with Crippen LogP contribution in [-0.2, 0) is 16.0 Å². The lowest BCUT2D eigenvalue weighted by atomic mass is 10.1. The molecule has 0 spiro atoms. The molecular weight excluding hydrogens is 420 g/mol. The maximum atomic E-state index is 13.8. The number of carbonyl (C=O) groups excluding carboxylic acids is 2. The molecule has 7 nitrogen and oxygen atoms in total. The van der Waals surface area contributed by atoms with Crippen LogP contribution < -0.4 is 15.6 Å². The fourth-order valence-corrected chi connectivity index (χ4v) is 2.85. The Morgan fingerprint density at radius 2 is 1.94 bits per heavy atom. The van der Waals surface area contributed by atoms with Crippen LogP contribution in [0.1, 0.15) is 30.4 Å². The molecule has 168 valence electrons. The summed E-state index contributed by atoms with van der Waals surface area (Å²) >= 11 is 0. The van der Waals surface area contributed by atoms with E-state index in [2.05, 4.69) is 15.8 Å². The Kier molecular flexibility index (Phi) is 7.19. The van der Waals surface area contributed by atoms with Crippen molar-refractivity contribution in [1.29, 1.82) is 0 Å². The number of hydrazine groups is 1. The Bertz CT molecular complexity index is 1130. The van der Waals surface area contributed by atoms with Crippen molar-refractivity contribution < 1.29 is 27.5 Å². The van der Waals surface area contributed by atoms with Gasteiger partial charge in [-0.25, -0.2) is 13.8 Å². The van der Waals surface area contributed by atoms with Gasteiger partial charge < -0.3 is 9.15 Å². The number of nitrogens with zero attached hydrogens (tertiary/aromatic N) is 1. The number of hydrogen-bond donors (Lipinski definition) is 2. The van der Waals surface area contributed by atoms with Crippen molar-refractivity contribution in [3.63, 3.8) is 0 Å². The second kappa shape index (κ2) is 10.0. The molecule has 2 N–H and O–H groups in total. The van der Waals surface area contributed by atoms with Gasteiger partial charge in [0.2, 0.25) is 5.91 Å². The summed E-state index contributed by atoms with van der Waals surface area (Å²) in [5, 5.41) is 0. The minimum Gasteiger partial charge on any atom is -0.481 e. The zero-order valence-corrected chi connectivity index (χ0v) is 17.9. The van der Waals surface area contributed by atoms with Crippen LogP contribution in [0.4, 0.5) is 8.78 Å². The minimum absolute atomic E-state index is 0.0294. The highest BCUT2D eigenvalue weighted by molar-refractivity contribution is 5.84. The van der Waals surface area contributed by atoms with Gasteiger partial charge in [-0.2, -0.15) is 0 Å². The lowest BCUT2D eigenvalue weighted by Crippen LogP contribution is -2.47. The maximum Gasteiger partial charge on any atom is 0.279 e. The van der Waals surface area contributed by atoms with Crippen molar-refractivity contribution in [2.24, 2.45) is 0 Å². The average Bonchev–Trinajstić information content (AvgIpc) is 3.22. The van der Waals surface area contributed by atoms with Gasteiger partial charge in [-0.05, 0) is 50.1 Å². The van der Waals surface area contributed by atoms with Gasteiger partial charge in [-0.1, -0.05) is 12.1 Å². The molecule has 3 rings (SSSR count). The van der Waals surface area contributed by atoms with Gasteiger partial charge in [-0.15, -0.1) is 0 Å². The second-order valence-corrected chi connectivity index (χ2v) is 7.24. The molecule has 0 saturated carbocycles. The molecule has 32 heavy (non-hydrogen) atoms. The van der Waals surface area contributed by atoms with Crippen LogP contribution >= 0.6 is 0 Å². The summed E-state index contributed by atoms with van der Waals surface area (Å²) in [7, 11) is 0. The first kappa shape index (κ1) is 22.9. The number of oxazole rings is 1. The number of hydrogen-bond acceptors (Lipinski definition) is 5. The van der Waals surface area contributed by atoms with E-state index in [4.69, 9.17) is 9.15 Å². The lowest BCUT2D eigenvalue weighted by molar-refractivity contribution is -0.132. The first-order valence-corrected chi connectivity index (χ1v) is 9.96. The number of ether oxygens (including phenoxy) is 1. The summed E-state index contributed by atoms with van der Waals surface area (Å²) < 4.78 is 38.0. The third-order valence-corrected chi connectivity index (χ3v) is 4.87. The molecule has 0 aliphatic carbocycles. The summed E-state index contributed by atoms with van der Waals surface area (Å²) in [5.41, 5.74) is 6.67. The average molecular weight is 443 g/mol. The first-order valence-electron chi connectivity index (χ1n) is 9.96. The molecule has 1 atom stereocenters. The van der Waals surface area contributed by atoms with E-state index in [-0.39, 0.29) is 30.1 Å². The number of benzene rings is 2. The molecule has 2 aromatic carbocycles. The third-order valence-electron chi connectivity index (χ3n) is 4.87. The van der Waals surface area contributed by atoms with Crippen LogP contribution in [0.15, 0.2) is 47.0 Å². The van der Waals surface area contributed by atoms with Gasteiger partial charge in [0.1, 0.15) is 17.4 Å². The van der Waals surface area contributed by atoms with Crippen LogP contribution in [0.5, 0.6) is 5.75 Å². The largest absolute Gasteiger partial charge is 0.481 e. The van der Waals surface area contributed by atoms with Crippen molar-refractivity contribution in [3.8, 4) is 17.1 Å². The zero-order valence-electron chi connectivity index (χ0n) is 17.9. The topological polar surface area (TPSA) is 93.5 Å². The number of aryl methyl sites for hydroxylation is 2. The van der Waals surface area contributed by atoms with Gasteiger partial charge in [0.15, 0.2) is 17.8 Å². The standard InChI is InChI=1S/C23H23F2N3O4/c1-13-5-4-6-19(14(13)2)31-15(3)23(30)28-27-21(29)9-10-22-26-12-20(32-22)17-8-7-16(24)11-18(17)25/h4-8,11-12,15H,9-10H2,1-3H3,(H,27,29)(H,28,30). The smallest absolute Gasteiger partial charge is 0.279 e. The Hall–Kier alpha value is -3.75. The van der Waals surface area contributed by atoms with Crippen LogP contribution in [0.25, 0.3) is 11.3 Å². The van der Waals surface area contributed by atoms with Gasteiger partial charge in [0.25, 0.3) is 5.91 Å². The van der Waals surface area contributed by atoms with Crippen molar-refractivity contribution in [2.75, 3.05) is 0 Å². The molecule has 9 heteroatoms. The maximum absolute atomic E-state index is 13.8. The van der Waals surface area contributed by atoms with Gasteiger partial charge in [0, 0.05) is 18.9 Å². The quantitative estimate of drug-likeness (QED) is 0.542. The normalized spacial score (nSPS) is 11.7. The summed E-state index contributed by atoms with van der Waals surface area (Å²) in [6, 6.07) is 8.66. The highest BCUT2D eigenvalue weighted by atomic mass is 19.1. The Morgan fingerprint density at radius 3 is 2.69 bits per heavy atom. The SMILES string of the molecule is Cc1cccc(OC(C)C(=O)NNC(=O)CCc2ncc(-c3ccc(F)cc3F)o2)c1C. The van der Waals surface area contributed by atoms with Crippen molar-refractivity contribution in [1.82, 2.24) is 15.8 Å². The molecule has 0 radical (unpaired) electrons. The molecule has 0 aliphatic rings. The van der Waals surface area contributed by atoms with Crippen LogP contribution in [0, 0.1) is 25.5 Å². The number of carbonyl (C=O) groups is 2. The molecule has 0 fully saturated rings. The molecule has 0 aliphatic heterocycles. The fourth-order valence-electron chi connectivity index (χ4n) is 2.85. The summed E-state index contributed by atoms with van der Waals surface area (Å²) in [6.07, 6.45) is 0.574. The highest BCUT2D eigenvalue weighted by Gasteiger charge is 2.17. The molecule has 3 aromatic rings. The molecule has 1 unspecified atom stereocenters. The molecule has 2 amide bonds. The lowest BCUT2D eigenvalue weighted by Gasteiger charge is -2.17. The Labute approximate surface area is 183 Å². The van der Waals surface area contributed by atoms with E-state index in [1.54, 1.807) is 13.0 Å². The van der Waals surface area contributed by atoms with Crippen LogP contribution in [0.2, 0.25) is 0 Å². The van der Waals surface area contributed by atoms with E-state index in [9.17, 15) is 18.4 Å². The van der Waals surface area contributed by atoms with Crippen LogP contribution in [0.3, 0.4) is 0 Å². The van der Waals surface area contributed by atoms with Crippen molar-refractivity contribution >= 4 is 11.8 Å². The summed E-state index contributed by atoms with van der Waals surface area (Å²) in [6.45, 7) is 5.42. The Morgan fingerprint density at radius 1 is 1.16 bits per heavy atom. The molecule has 1 aromatic heterocycles. The molecule has 1 heterocycles. The molecule has 0 bridgehead atoms. The van der Waals surface area contributed by atoms with E-state index in [0.717, 1.165) is 23.3 Å². The number of rotatable bonds is 7. The number of halogens is 2. The monoisotopic (exact) mass is 443 g/mol. The summed E-state index contributed by atoms with van der Waals surface area (Å²) in [5.74, 6) is -1.52. The van der Waals surface area contributed by atoms with Gasteiger partial charge in [0.05, 0.1) is 11.8 Å². The third kappa shape index (κ3) is 5.69. The van der Waals surface area contributed by atoms with E-state index < -0.39 is 29.6 Å². The second-order valence-electron chi connectivity index (χ2n) is 7.24. The summed E-state index contributed by atoms with van der Waals surface area (Å²) in [4.78, 5) is 28.2. The fraction of sp³-hybridized carbons (Fsp3) is 0.261. The highest BCUT2D eigenvalue weighted by Crippen LogP contribution is 2.24. The first-order chi connectivity index (χ1) is 15.2. The predicted octanol–water partition coefficient (Wildman–Crippen LogP) is 3.78. The van der Waals surface area contributed by atoms with E-state index in [1.165, 1.54) is 12.3 Å². The van der Waals surface area contributed by atoms with Gasteiger partial charge >= 0.3 is 0 Å². The van der Waals surface area contributed by atoms with E-state index >= 15 is 0 Å². The van der Waals surface area contributed by atoms with Crippen molar-refractivity contribution in [3.05, 3.63) is 71.2 Å². The van der Waals surface area contributed by atoms with E-state index in [1.807, 2.05) is 26.0 Å². The van der Waals surface area contributed by atoms with Crippen LogP contribution in [-0.4, -0.2) is 22.9 Å². The van der Waals surface area contributed by atoms with Gasteiger partial charge in [-0.3, -0.25) is 20.4 Å². The number of aromatic nitrogens is 1. The number of amides is 2. The molecular formula is C23H23F2N3O4. The predicted molar refractivity (Wildman–Crippen MR) is 112 cm³/mol. The molecule has 0 saturated heterocycles. The van der Waals surface area contributed by atoms with Crippen molar-refractivity contribution in [2.45, 2.75) is 39.7 Å². The zero-order chi connectivity index (χ0) is 23.3. The minimum atomic E-state index is -0.823. The Balaban J connectivity index is 1.46.